The van der Waals surface area contributed by atoms with Crippen LogP contribution in [0.2, 0.25) is 0 Å². The van der Waals surface area contributed by atoms with Gasteiger partial charge in [0.1, 0.15) is 7.11 Å². The first-order valence-corrected chi connectivity index (χ1v) is 5.93. The van der Waals surface area contributed by atoms with E-state index in [0.29, 0.717) is 18.8 Å². The molecule has 1 aromatic rings. The first-order chi connectivity index (χ1) is 9.27. The number of benzene rings is 1. The molecule has 1 aliphatic rings. The van der Waals surface area contributed by atoms with Gasteiger partial charge >= 0.3 is 0 Å². The van der Waals surface area contributed by atoms with Gasteiger partial charge < -0.3 is 19.6 Å². The van der Waals surface area contributed by atoms with Crippen molar-refractivity contribution < 1.29 is 19.1 Å². The topological polar surface area (TPSA) is 69.2 Å². The van der Waals surface area contributed by atoms with Gasteiger partial charge in [0.2, 0.25) is 0 Å². The van der Waals surface area contributed by atoms with Crippen molar-refractivity contribution in [2.75, 3.05) is 27.4 Å². The summed E-state index contributed by atoms with van der Waals surface area (Å²) in [5, 5.41) is 6.33. The fourth-order valence-corrected chi connectivity index (χ4v) is 1.88. The number of carbonyl (C=O) groups excluding carboxylic acids is 1. The van der Waals surface area contributed by atoms with E-state index in [2.05, 4.69) is 10.5 Å². The summed E-state index contributed by atoms with van der Waals surface area (Å²) in [5.74, 6) is -0.327. The number of nitrogens with zero attached hydrogens (tertiary/aromatic N) is 1. The van der Waals surface area contributed by atoms with Crippen LogP contribution in [0, 0.1) is 0 Å². The Morgan fingerprint density at radius 3 is 2.68 bits per heavy atom. The van der Waals surface area contributed by atoms with E-state index >= 15 is 0 Å². The highest BCUT2D eigenvalue weighted by Crippen LogP contribution is 2.26. The molecule has 0 bridgehead atoms. The van der Waals surface area contributed by atoms with Crippen molar-refractivity contribution >= 4 is 11.6 Å². The quantitative estimate of drug-likeness (QED) is 0.646. The predicted molar refractivity (Wildman–Crippen MR) is 68.7 cm³/mol. The molecule has 1 aliphatic heterocycles. The maximum atomic E-state index is 11.9. The SMILES string of the molecule is CNC(=O)C(=NOC)c1ccccc1C1OCCO1. The lowest BCUT2D eigenvalue weighted by Crippen LogP contribution is -2.29. The molecule has 1 aromatic carbocycles. The summed E-state index contributed by atoms with van der Waals surface area (Å²) < 4.78 is 10.9. The molecule has 19 heavy (non-hydrogen) atoms. The summed E-state index contributed by atoms with van der Waals surface area (Å²) in [7, 11) is 2.94. The summed E-state index contributed by atoms with van der Waals surface area (Å²) >= 11 is 0. The van der Waals surface area contributed by atoms with E-state index in [4.69, 9.17) is 14.3 Å². The van der Waals surface area contributed by atoms with Crippen molar-refractivity contribution in [2.45, 2.75) is 6.29 Å². The third-order valence-corrected chi connectivity index (χ3v) is 2.72. The molecule has 0 unspecified atom stereocenters. The average molecular weight is 264 g/mol. The molecule has 0 radical (unpaired) electrons. The van der Waals surface area contributed by atoms with Gasteiger partial charge in [-0.25, -0.2) is 0 Å². The molecule has 1 saturated heterocycles. The maximum Gasteiger partial charge on any atom is 0.273 e. The van der Waals surface area contributed by atoms with Gasteiger partial charge in [-0.05, 0) is 0 Å². The van der Waals surface area contributed by atoms with Gasteiger partial charge in [0.05, 0.1) is 13.2 Å². The Kier molecular flexibility index (Phi) is 4.48. The molecule has 102 valence electrons. The highest BCUT2D eigenvalue weighted by Gasteiger charge is 2.25. The monoisotopic (exact) mass is 264 g/mol. The summed E-state index contributed by atoms with van der Waals surface area (Å²) in [6.07, 6.45) is -0.470. The van der Waals surface area contributed by atoms with Crippen LogP contribution in [0.25, 0.3) is 0 Å². The second kappa shape index (κ2) is 6.31. The summed E-state index contributed by atoms with van der Waals surface area (Å²) in [5.41, 5.74) is 1.59. The number of nitrogens with one attached hydrogen (secondary N) is 1. The largest absolute Gasteiger partial charge is 0.398 e. The third-order valence-electron chi connectivity index (χ3n) is 2.72. The standard InChI is InChI=1S/C13H16N2O4/c1-14-12(16)11(15-17-2)9-5-3-4-6-10(9)13-18-7-8-19-13/h3-6,13H,7-8H2,1-2H3,(H,14,16). The smallest absolute Gasteiger partial charge is 0.273 e. The predicted octanol–water partition coefficient (Wildman–Crippen LogP) is 0.828. The molecule has 6 nitrogen and oxygen atoms in total. The van der Waals surface area contributed by atoms with Crippen molar-refractivity contribution in [1.82, 2.24) is 5.32 Å². The van der Waals surface area contributed by atoms with Crippen LogP contribution >= 0.6 is 0 Å². The Labute approximate surface area is 111 Å². The minimum Gasteiger partial charge on any atom is -0.398 e. The van der Waals surface area contributed by atoms with Crippen LogP contribution in [0.1, 0.15) is 17.4 Å². The molecular weight excluding hydrogens is 248 g/mol. The van der Waals surface area contributed by atoms with Crippen molar-refractivity contribution in [2.24, 2.45) is 5.16 Å². The van der Waals surface area contributed by atoms with E-state index in [1.807, 2.05) is 18.2 Å². The minimum absolute atomic E-state index is 0.194. The van der Waals surface area contributed by atoms with E-state index in [9.17, 15) is 4.79 Å². The number of hydrogen-bond donors (Lipinski definition) is 1. The number of carbonyl (C=O) groups is 1. The number of ether oxygens (including phenoxy) is 2. The van der Waals surface area contributed by atoms with Gasteiger partial charge in [0, 0.05) is 18.2 Å². The van der Waals surface area contributed by atoms with Crippen LogP contribution in [-0.2, 0) is 19.1 Å². The second-order valence-corrected chi connectivity index (χ2v) is 3.86. The van der Waals surface area contributed by atoms with Crippen molar-refractivity contribution in [3.63, 3.8) is 0 Å². The van der Waals surface area contributed by atoms with Crippen LogP contribution in [-0.4, -0.2) is 39.0 Å². The molecule has 6 heteroatoms. The zero-order valence-corrected chi connectivity index (χ0v) is 10.9. The maximum absolute atomic E-state index is 11.9. The Hall–Kier alpha value is -1.92. The molecule has 0 atom stereocenters. The Bertz CT molecular complexity index is 481. The highest BCUT2D eigenvalue weighted by atomic mass is 16.7. The van der Waals surface area contributed by atoms with Crippen molar-refractivity contribution in [3.05, 3.63) is 35.4 Å². The molecule has 1 amide bonds. The molecule has 0 aliphatic carbocycles. The van der Waals surface area contributed by atoms with Crippen molar-refractivity contribution in [3.8, 4) is 0 Å². The van der Waals surface area contributed by atoms with Gasteiger partial charge in [-0.3, -0.25) is 4.79 Å². The number of hydrogen-bond acceptors (Lipinski definition) is 5. The third kappa shape index (κ3) is 2.91. The molecule has 1 heterocycles. The van der Waals surface area contributed by atoms with Gasteiger partial charge in [0.25, 0.3) is 5.91 Å². The fraction of sp³-hybridized carbons (Fsp3) is 0.385. The van der Waals surface area contributed by atoms with Crippen LogP contribution in [0.5, 0.6) is 0 Å². The molecule has 0 aromatic heterocycles. The molecule has 1 N–H and O–H groups in total. The summed E-state index contributed by atoms with van der Waals surface area (Å²) in [6, 6.07) is 7.31. The zero-order chi connectivity index (χ0) is 13.7. The average Bonchev–Trinajstić information content (AvgIpc) is 2.98. The van der Waals surface area contributed by atoms with E-state index in [1.54, 1.807) is 13.1 Å². The van der Waals surface area contributed by atoms with Crippen LogP contribution < -0.4 is 5.32 Å². The molecule has 1 fully saturated rings. The van der Waals surface area contributed by atoms with Gasteiger partial charge in [-0.1, -0.05) is 29.4 Å². The van der Waals surface area contributed by atoms with Gasteiger partial charge in [0.15, 0.2) is 12.0 Å². The lowest BCUT2D eigenvalue weighted by atomic mass is 10.0. The van der Waals surface area contributed by atoms with E-state index < -0.39 is 6.29 Å². The zero-order valence-electron chi connectivity index (χ0n) is 10.9. The lowest BCUT2D eigenvalue weighted by Gasteiger charge is -2.14. The van der Waals surface area contributed by atoms with E-state index in [-0.39, 0.29) is 11.6 Å². The summed E-state index contributed by atoms with van der Waals surface area (Å²) in [4.78, 5) is 16.6. The Balaban J connectivity index is 2.42. The van der Waals surface area contributed by atoms with Gasteiger partial charge in [-0.15, -0.1) is 0 Å². The summed E-state index contributed by atoms with van der Waals surface area (Å²) in [6.45, 7) is 1.07. The number of amides is 1. The van der Waals surface area contributed by atoms with E-state index in [1.165, 1.54) is 7.11 Å². The Morgan fingerprint density at radius 2 is 2.05 bits per heavy atom. The molecule has 0 spiro atoms. The van der Waals surface area contributed by atoms with Crippen LogP contribution in [0.4, 0.5) is 0 Å². The molecular formula is C13H16N2O4. The fourth-order valence-electron chi connectivity index (χ4n) is 1.88. The lowest BCUT2D eigenvalue weighted by molar-refractivity contribution is -0.114. The van der Waals surface area contributed by atoms with Crippen LogP contribution in [0.3, 0.4) is 0 Å². The molecule has 0 saturated carbocycles. The number of rotatable bonds is 4. The van der Waals surface area contributed by atoms with Crippen molar-refractivity contribution in [1.29, 1.82) is 0 Å². The highest BCUT2D eigenvalue weighted by molar-refractivity contribution is 6.45. The second-order valence-electron chi connectivity index (χ2n) is 3.86. The first-order valence-electron chi connectivity index (χ1n) is 5.93. The Morgan fingerprint density at radius 1 is 1.37 bits per heavy atom. The van der Waals surface area contributed by atoms with Gasteiger partial charge in [-0.2, -0.15) is 0 Å². The number of likely N-dealkylation sites (N-methyl/N-ethyl adjacent to an activating group) is 1. The van der Waals surface area contributed by atoms with Crippen LogP contribution in [0.15, 0.2) is 29.4 Å². The van der Waals surface area contributed by atoms with E-state index in [0.717, 1.165) is 5.56 Å². The first kappa shape index (κ1) is 13.5. The normalized spacial score (nSPS) is 16.4. The number of oxime groups is 1. The minimum atomic E-state index is -0.470. The molecule has 2 rings (SSSR count).